The second kappa shape index (κ2) is 4.67. The molecule has 0 bridgehead atoms. The van der Waals surface area contributed by atoms with Crippen LogP contribution in [-0.4, -0.2) is 11.9 Å². The molecule has 2 nitrogen and oxygen atoms in total. The minimum absolute atomic E-state index is 0.0738. The first-order valence-electron chi connectivity index (χ1n) is 5.02. The third-order valence-electron chi connectivity index (χ3n) is 2.74. The Labute approximate surface area is 98.0 Å². The van der Waals surface area contributed by atoms with Crippen molar-refractivity contribution in [2.24, 2.45) is 5.92 Å². The molecule has 1 heterocycles. The predicted molar refractivity (Wildman–Crippen MR) is 62.2 cm³/mol. The maximum Gasteiger partial charge on any atom is 0.122 e. The van der Waals surface area contributed by atoms with Crippen LogP contribution >= 0.6 is 15.9 Å². The second-order valence-electron chi connectivity index (χ2n) is 3.76. The van der Waals surface area contributed by atoms with Gasteiger partial charge in [0.25, 0.3) is 0 Å². The number of fused-ring (bicyclic) bond motifs is 1. The third-order valence-corrected chi connectivity index (χ3v) is 3.52. The zero-order chi connectivity index (χ0) is 10.7. The minimum Gasteiger partial charge on any atom is -0.493 e. The molecule has 1 aromatic carbocycles. The van der Waals surface area contributed by atoms with E-state index in [0.29, 0.717) is 12.5 Å². The van der Waals surface area contributed by atoms with E-state index in [-0.39, 0.29) is 5.92 Å². The Hall–Kier alpha value is -1.01. The largest absolute Gasteiger partial charge is 0.493 e. The van der Waals surface area contributed by atoms with Gasteiger partial charge in [0.1, 0.15) is 5.75 Å². The van der Waals surface area contributed by atoms with Crippen molar-refractivity contribution in [3.8, 4) is 11.8 Å². The van der Waals surface area contributed by atoms with Crippen LogP contribution in [0.3, 0.4) is 0 Å². The summed E-state index contributed by atoms with van der Waals surface area (Å²) in [5.41, 5.74) is 1.25. The van der Waals surface area contributed by atoms with Crippen LogP contribution < -0.4 is 4.74 Å². The minimum atomic E-state index is 0.0738. The van der Waals surface area contributed by atoms with Crippen LogP contribution in [0.1, 0.15) is 17.9 Å². The normalized spacial score (nSPS) is 20.1. The number of alkyl halides is 1. The van der Waals surface area contributed by atoms with Crippen LogP contribution in [-0.2, 0) is 0 Å². The van der Waals surface area contributed by atoms with Gasteiger partial charge in [-0.05, 0) is 12.5 Å². The third kappa shape index (κ3) is 2.15. The summed E-state index contributed by atoms with van der Waals surface area (Å²) in [7, 11) is 0. The standard InChI is InChI=1S/C12H12BrNO/c13-6-9(7-14)5-10-8-15-12-4-2-1-3-11(10)12/h1-4,9-10H,5-6,8H2. The van der Waals surface area contributed by atoms with Gasteiger partial charge in [-0.3, -0.25) is 0 Å². The van der Waals surface area contributed by atoms with Crippen molar-refractivity contribution in [1.29, 1.82) is 5.26 Å². The first-order chi connectivity index (χ1) is 7.35. The Morgan fingerprint density at radius 3 is 3.07 bits per heavy atom. The number of ether oxygens (including phenoxy) is 1. The van der Waals surface area contributed by atoms with E-state index in [1.165, 1.54) is 5.56 Å². The highest BCUT2D eigenvalue weighted by molar-refractivity contribution is 9.09. The lowest BCUT2D eigenvalue weighted by atomic mass is 9.92. The highest BCUT2D eigenvalue weighted by Gasteiger charge is 2.25. The van der Waals surface area contributed by atoms with Gasteiger partial charge < -0.3 is 4.74 Å². The molecule has 0 aliphatic carbocycles. The van der Waals surface area contributed by atoms with Gasteiger partial charge in [-0.1, -0.05) is 34.1 Å². The van der Waals surface area contributed by atoms with Crippen molar-refractivity contribution in [1.82, 2.24) is 0 Å². The first-order valence-corrected chi connectivity index (χ1v) is 6.14. The maximum absolute atomic E-state index is 8.91. The molecule has 1 aromatic rings. The summed E-state index contributed by atoms with van der Waals surface area (Å²) in [5.74, 6) is 1.43. The molecule has 2 atom stereocenters. The van der Waals surface area contributed by atoms with Gasteiger partial charge in [0.05, 0.1) is 18.6 Å². The fourth-order valence-corrected chi connectivity index (χ4v) is 2.33. The molecular formula is C12H12BrNO. The van der Waals surface area contributed by atoms with Gasteiger partial charge in [0.15, 0.2) is 0 Å². The van der Waals surface area contributed by atoms with Crippen LogP contribution in [0.5, 0.6) is 5.75 Å². The summed E-state index contributed by atoms with van der Waals surface area (Å²) in [4.78, 5) is 0. The van der Waals surface area contributed by atoms with E-state index in [9.17, 15) is 0 Å². The van der Waals surface area contributed by atoms with Crippen molar-refractivity contribution in [2.75, 3.05) is 11.9 Å². The molecule has 2 unspecified atom stereocenters. The fourth-order valence-electron chi connectivity index (χ4n) is 1.92. The van der Waals surface area contributed by atoms with Crippen molar-refractivity contribution in [2.45, 2.75) is 12.3 Å². The average molecular weight is 266 g/mol. The lowest BCUT2D eigenvalue weighted by molar-refractivity contribution is 0.319. The predicted octanol–water partition coefficient (Wildman–Crippen LogP) is 3.09. The maximum atomic E-state index is 8.91. The summed E-state index contributed by atoms with van der Waals surface area (Å²) in [6, 6.07) is 10.4. The van der Waals surface area contributed by atoms with Crippen molar-refractivity contribution in [3.05, 3.63) is 29.8 Å². The molecule has 0 fully saturated rings. The van der Waals surface area contributed by atoms with Crippen molar-refractivity contribution in [3.63, 3.8) is 0 Å². The van der Waals surface area contributed by atoms with Crippen LogP contribution in [0.15, 0.2) is 24.3 Å². The lowest BCUT2D eigenvalue weighted by Gasteiger charge is -2.11. The number of nitriles is 1. The molecule has 3 heteroatoms. The molecule has 1 aliphatic heterocycles. The van der Waals surface area contributed by atoms with Crippen molar-refractivity contribution >= 4 is 15.9 Å². The number of rotatable bonds is 3. The first kappa shape index (κ1) is 10.5. The summed E-state index contributed by atoms with van der Waals surface area (Å²) in [6.45, 7) is 0.713. The highest BCUT2D eigenvalue weighted by Crippen LogP contribution is 2.37. The van der Waals surface area contributed by atoms with Gasteiger partial charge in [-0.2, -0.15) is 5.26 Å². The van der Waals surface area contributed by atoms with Crippen LogP contribution in [0.25, 0.3) is 0 Å². The molecule has 0 spiro atoms. The number of nitrogens with zero attached hydrogens (tertiary/aromatic N) is 1. The van der Waals surface area contributed by atoms with Crippen LogP contribution in [0.4, 0.5) is 0 Å². The smallest absolute Gasteiger partial charge is 0.122 e. The Morgan fingerprint density at radius 2 is 2.33 bits per heavy atom. The number of halogens is 1. The van der Waals surface area contributed by atoms with E-state index >= 15 is 0 Å². The zero-order valence-corrected chi connectivity index (χ0v) is 9.90. The lowest BCUT2D eigenvalue weighted by Crippen LogP contribution is -2.08. The van der Waals surface area contributed by atoms with Gasteiger partial charge in [-0.15, -0.1) is 0 Å². The number of hydrogen-bond donors (Lipinski definition) is 0. The molecule has 78 valence electrons. The Kier molecular flexibility index (Phi) is 3.27. The monoisotopic (exact) mass is 265 g/mol. The molecule has 15 heavy (non-hydrogen) atoms. The van der Waals surface area contributed by atoms with Gasteiger partial charge >= 0.3 is 0 Å². The van der Waals surface area contributed by atoms with Gasteiger partial charge in [0, 0.05) is 16.8 Å². The van der Waals surface area contributed by atoms with E-state index in [4.69, 9.17) is 10.00 Å². The second-order valence-corrected chi connectivity index (χ2v) is 4.41. The number of benzene rings is 1. The molecule has 0 radical (unpaired) electrons. The molecule has 0 saturated heterocycles. The van der Waals surface area contributed by atoms with E-state index in [1.807, 2.05) is 18.2 Å². The number of hydrogen-bond acceptors (Lipinski definition) is 2. The topological polar surface area (TPSA) is 33.0 Å². The SMILES string of the molecule is N#CC(CBr)CC1COc2ccccc21. The van der Waals surface area contributed by atoms with E-state index in [2.05, 4.69) is 28.1 Å². The van der Waals surface area contributed by atoms with Crippen LogP contribution in [0.2, 0.25) is 0 Å². The zero-order valence-electron chi connectivity index (χ0n) is 8.32. The van der Waals surface area contributed by atoms with Crippen molar-refractivity contribution < 1.29 is 4.74 Å². The molecule has 0 amide bonds. The van der Waals surface area contributed by atoms with Gasteiger partial charge in [-0.25, -0.2) is 0 Å². The summed E-state index contributed by atoms with van der Waals surface area (Å²) in [6.07, 6.45) is 0.874. The molecular weight excluding hydrogens is 254 g/mol. The molecule has 2 rings (SSSR count). The summed E-state index contributed by atoms with van der Waals surface area (Å²) >= 11 is 3.36. The Morgan fingerprint density at radius 1 is 1.53 bits per heavy atom. The van der Waals surface area contributed by atoms with E-state index in [1.54, 1.807) is 0 Å². The molecule has 0 saturated carbocycles. The summed E-state index contributed by atoms with van der Waals surface area (Å²) < 4.78 is 5.58. The average Bonchev–Trinajstić information content (AvgIpc) is 2.69. The van der Waals surface area contributed by atoms with E-state index < -0.39 is 0 Å². The molecule has 1 aliphatic rings. The van der Waals surface area contributed by atoms with Crippen LogP contribution in [0, 0.1) is 17.2 Å². The molecule has 0 N–H and O–H groups in total. The quantitative estimate of drug-likeness (QED) is 0.787. The summed E-state index contributed by atoms with van der Waals surface area (Å²) in [5, 5.41) is 9.65. The van der Waals surface area contributed by atoms with Gasteiger partial charge in [0.2, 0.25) is 0 Å². The number of para-hydroxylation sites is 1. The Bertz CT molecular complexity index is 385. The Balaban J connectivity index is 2.11. The highest BCUT2D eigenvalue weighted by atomic mass is 79.9. The van der Waals surface area contributed by atoms with E-state index in [0.717, 1.165) is 17.5 Å². The molecule has 0 aromatic heterocycles. The fraction of sp³-hybridized carbons (Fsp3) is 0.417.